The summed E-state index contributed by atoms with van der Waals surface area (Å²) in [5.41, 5.74) is 0. The number of hydrogen-bond donors (Lipinski definition) is 0. The van der Waals surface area contributed by atoms with Crippen molar-refractivity contribution in [1.82, 2.24) is 4.90 Å². The summed E-state index contributed by atoms with van der Waals surface area (Å²) in [6.45, 7) is 8.08. The zero-order chi connectivity index (χ0) is 14.3. The number of rotatable bonds is 6. The van der Waals surface area contributed by atoms with Crippen LogP contribution in [0, 0.1) is 5.92 Å². The van der Waals surface area contributed by atoms with E-state index in [1.165, 1.54) is 0 Å². The number of hydrogen-bond acceptors (Lipinski definition) is 5. The van der Waals surface area contributed by atoms with Gasteiger partial charge in [-0.15, -0.1) is 0 Å². The van der Waals surface area contributed by atoms with E-state index in [-0.39, 0.29) is 23.9 Å². The summed E-state index contributed by atoms with van der Waals surface area (Å²) in [7, 11) is 0. The SMILES string of the molecule is CCOC(=O)CC(C)N1CCCC(C(=O)OCC)C1. The molecule has 0 aromatic rings. The third-order valence-corrected chi connectivity index (χ3v) is 3.46. The Morgan fingerprint density at radius 2 is 1.95 bits per heavy atom. The van der Waals surface area contributed by atoms with E-state index >= 15 is 0 Å². The van der Waals surface area contributed by atoms with Gasteiger partial charge in [0.05, 0.1) is 25.6 Å². The van der Waals surface area contributed by atoms with Gasteiger partial charge in [0.2, 0.25) is 0 Å². The van der Waals surface area contributed by atoms with Gasteiger partial charge in [-0.1, -0.05) is 0 Å². The van der Waals surface area contributed by atoms with Gasteiger partial charge in [0, 0.05) is 12.6 Å². The lowest BCUT2D eigenvalue weighted by atomic mass is 9.96. The van der Waals surface area contributed by atoms with Crippen LogP contribution in [0.4, 0.5) is 0 Å². The van der Waals surface area contributed by atoms with Gasteiger partial charge in [0.1, 0.15) is 0 Å². The molecule has 0 aromatic carbocycles. The lowest BCUT2D eigenvalue weighted by molar-refractivity contribution is -0.150. The van der Waals surface area contributed by atoms with E-state index in [1.807, 2.05) is 13.8 Å². The highest BCUT2D eigenvalue weighted by molar-refractivity contribution is 5.73. The third kappa shape index (κ3) is 5.19. The van der Waals surface area contributed by atoms with Gasteiger partial charge in [-0.25, -0.2) is 0 Å². The zero-order valence-electron chi connectivity index (χ0n) is 12.2. The normalized spacial score (nSPS) is 21.7. The van der Waals surface area contributed by atoms with Crippen molar-refractivity contribution in [3.8, 4) is 0 Å². The molecule has 0 bridgehead atoms. The third-order valence-electron chi connectivity index (χ3n) is 3.46. The fourth-order valence-electron chi connectivity index (χ4n) is 2.45. The fraction of sp³-hybridized carbons (Fsp3) is 0.857. The quantitative estimate of drug-likeness (QED) is 0.687. The van der Waals surface area contributed by atoms with Crippen molar-refractivity contribution in [3.63, 3.8) is 0 Å². The summed E-state index contributed by atoms with van der Waals surface area (Å²) in [5, 5.41) is 0. The van der Waals surface area contributed by atoms with Crippen LogP contribution >= 0.6 is 0 Å². The van der Waals surface area contributed by atoms with Crippen LogP contribution in [-0.4, -0.2) is 49.2 Å². The van der Waals surface area contributed by atoms with Crippen LogP contribution < -0.4 is 0 Å². The molecule has 19 heavy (non-hydrogen) atoms. The number of likely N-dealkylation sites (tertiary alicyclic amines) is 1. The Balaban J connectivity index is 2.45. The molecular weight excluding hydrogens is 246 g/mol. The molecule has 1 rings (SSSR count). The van der Waals surface area contributed by atoms with Crippen LogP contribution in [0.25, 0.3) is 0 Å². The van der Waals surface area contributed by atoms with Crippen LogP contribution in [-0.2, 0) is 19.1 Å². The molecule has 1 aliphatic rings. The van der Waals surface area contributed by atoms with Crippen LogP contribution in [0.15, 0.2) is 0 Å². The summed E-state index contributed by atoms with van der Waals surface area (Å²) >= 11 is 0. The lowest BCUT2D eigenvalue weighted by Gasteiger charge is -2.35. The van der Waals surface area contributed by atoms with E-state index in [2.05, 4.69) is 4.90 Å². The van der Waals surface area contributed by atoms with Gasteiger partial charge in [0.25, 0.3) is 0 Å². The molecule has 1 saturated heterocycles. The predicted octanol–water partition coefficient (Wildman–Crippen LogP) is 1.60. The second-order valence-corrected chi connectivity index (χ2v) is 4.94. The summed E-state index contributed by atoms with van der Waals surface area (Å²) < 4.78 is 10.0. The molecule has 1 aliphatic heterocycles. The van der Waals surface area contributed by atoms with E-state index < -0.39 is 0 Å². The lowest BCUT2D eigenvalue weighted by Crippen LogP contribution is -2.44. The Labute approximate surface area is 115 Å². The Bertz CT molecular complexity index is 306. The monoisotopic (exact) mass is 271 g/mol. The largest absolute Gasteiger partial charge is 0.466 e. The molecule has 0 aromatic heterocycles. The average molecular weight is 271 g/mol. The van der Waals surface area contributed by atoms with Gasteiger partial charge in [0.15, 0.2) is 0 Å². The molecule has 110 valence electrons. The minimum Gasteiger partial charge on any atom is -0.466 e. The first kappa shape index (κ1) is 16.0. The molecule has 2 atom stereocenters. The van der Waals surface area contributed by atoms with Gasteiger partial charge >= 0.3 is 11.9 Å². The summed E-state index contributed by atoms with van der Waals surface area (Å²) in [6, 6.07) is 0.108. The molecule has 0 amide bonds. The highest BCUT2D eigenvalue weighted by Gasteiger charge is 2.29. The van der Waals surface area contributed by atoms with Crippen LogP contribution in [0.2, 0.25) is 0 Å². The van der Waals surface area contributed by atoms with Crippen molar-refractivity contribution in [2.75, 3.05) is 26.3 Å². The van der Waals surface area contributed by atoms with Gasteiger partial charge < -0.3 is 9.47 Å². The molecule has 0 spiro atoms. The molecule has 0 N–H and O–H groups in total. The Hall–Kier alpha value is -1.10. The Morgan fingerprint density at radius 1 is 1.26 bits per heavy atom. The summed E-state index contributed by atoms with van der Waals surface area (Å²) in [4.78, 5) is 25.4. The summed E-state index contributed by atoms with van der Waals surface area (Å²) in [6.07, 6.45) is 2.22. The first-order chi connectivity index (χ1) is 9.08. The van der Waals surface area contributed by atoms with Crippen molar-refractivity contribution in [1.29, 1.82) is 0 Å². The minimum absolute atomic E-state index is 0.0571. The molecule has 0 aliphatic carbocycles. The number of carbonyl (C=O) groups is 2. The van der Waals surface area contributed by atoms with Crippen molar-refractivity contribution >= 4 is 11.9 Å². The Kier molecular flexibility index (Phi) is 6.84. The molecular formula is C14H25NO4. The fourth-order valence-corrected chi connectivity index (χ4v) is 2.45. The number of nitrogens with zero attached hydrogens (tertiary/aromatic N) is 1. The van der Waals surface area contributed by atoms with Crippen LogP contribution in [0.3, 0.4) is 0 Å². The van der Waals surface area contributed by atoms with Crippen molar-refractivity contribution in [3.05, 3.63) is 0 Å². The maximum atomic E-state index is 11.8. The van der Waals surface area contributed by atoms with E-state index in [4.69, 9.17) is 9.47 Å². The molecule has 1 fully saturated rings. The van der Waals surface area contributed by atoms with E-state index in [1.54, 1.807) is 6.92 Å². The maximum absolute atomic E-state index is 11.8. The van der Waals surface area contributed by atoms with Crippen LogP contribution in [0.5, 0.6) is 0 Å². The molecule has 1 heterocycles. The second-order valence-electron chi connectivity index (χ2n) is 4.94. The van der Waals surface area contributed by atoms with E-state index in [0.29, 0.717) is 26.2 Å². The first-order valence-electron chi connectivity index (χ1n) is 7.14. The minimum atomic E-state index is -0.173. The van der Waals surface area contributed by atoms with Gasteiger partial charge in [-0.3, -0.25) is 14.5 Å². The standard InChI is InChI=1S/C14H25NO4/c1-4-18-13(16)9-11(3)15-8-6-7-12(10-15)14(17)19-5-2/h11-12H,4-10H2,1-3H3. The first-order valence-corrected chi connectivity index (χ1v) is 7.14. The Morgan fingerprint density at radius 3 is 2.58 bits per heavy atom. The highest BCUT2D eigenvalue weighted by Crippen LogP contribution is 2.21. The number of piperidine rings is 1. The van der Waals surface area contributed by atoms with Crippen LogP contribution in [0.1, 0.15) is 40.0 Å². The zero-order valence-corrected chi connectivity index (χ0v) is 12.2. The number of carbonyl (C=O) groups excluding carboxylic acids is 2. The second kappa shape index (κ2) is 8.15. The molecule has 0 saturated carbocycles. The van der Waals surface area contributed by atoms with E-state index in [9.17, 15) is 9.59 Å². The summed E-state index contributed by atoms with van der Waals surface area (Å²) in [5.74, 6) is -0.345. The van der Waals surface area contributed by atoms with Gasteiger partial charge in [-0.05, 0) is 40.2 Å². The topological polar surface area (TPSA) is 55.8 Å². The average Bonchev–Trinajstić information content (AvgIpc) is 2.39. The van der Waals surface area contributed by atoms with Crippen molar-refractivity contribution < 1.29 is 19.1 Å². The van der Waals surface area contributed by atoms with E-state index in [0.717, 1.165) is 19.4 Å². The highest BCUT2D eigenvalue weighted by atomic mass is 16.5. The number of esters is 2. The molecule has 0 radical (unpaired) electrons. The number of ether oxygens (including phenoxy) is 2. The van der Waals surface area contributed by atoms with Crippen molar-refractivity contribution in [2.45, 2.75) is 46.1 Å². The predicted molar refractivity (Wildman–Crippen MR) is 71.6 cm³/mol. The molecule has 2 unspecified atom stereocenters. The smallest absolute Gasteiger partial charge is 0.310 e. The van der Waals surface area contributed by atoms with Crippen molar-refractivity contribution in [2.24, 2.45) is 5.92 Å². The maximum Gasteiger partial charge on any atom is 0.310 e. The molecule has 5 nitrogen and oxygen atoms in total. The molecule has 5 heteroatoms. The van der Waals surface area contributed by atoms with Gasteiger partial charge in [-0.2, -0.15) is 0 Å².